The standard InChI is InChI=1S/C18H24N2O4/c1-20(2)16(22)14-9-7-8-13(12-14)15(21)19-18(17(23)24)10-5-3-4-6-11-18/h7-9,12H,3-6,10-11H2,1-2H3,(H,19,21)(H,23,24). The van der Waals surface area contributed by atoms with Gasteiger partial charge < -0.3 is 15.3 Å². The molecule has 0 unspecified atom stereocenters. The van der Waals surface area contributed by atoms with Crippen LogP contribution in [0.2, 0.25) is 0 Å². The third kappa shape index (κ3) is 3.93. The molecule has 2 rings (SSSR count). The molecular formula is C18H24N2O4. The number of rotatable bonds is 4. The second kappa shape index (κ2) is 7.47. The third-order valence-corrected chi connectivity index (χ3v) is 4.50. The molecule has 1 aliphatic carbocycles. The Bertz CT molecular complexity index is 632. The van der Waals surface area contributed by atoms with Crippen LogP contribution in [0.25, 0.3) is 0 Å². The van der Waals surface area contributed by atoms with Gasteiger partial charge in [-0.05, 0) is 31.0 Å². The average molecular weight is 332 g/mol. The molecule has 1 aliphatic rings. The lowest BCUT2D eigenvalue weighted by atomic mass is 9.89. The Hall–Kier alpha value is -2.37. The van der Waals surface area contributed by atoms with E-state index in [1.165, 1.54) is 11.0 Å². The van der Waals surface area contributed by atoms with E-state index in [9.17, 15) is 19.5 Å². The SMILES string of the molecule is CN(C)C(=O)c1cccc(C(=O)NC2(C(=O)O)CCCCCC2)c1. The van der Waals surface area contributed by atoms with Crippen LogP contribution in [0, 0.1) is 0 Å². The molecule has 1 aromatic rings. The van der Waals surface area contributed by atoms with E-state index in [1.807, 2.05) is 0 Å². The minimum Gasteiger partial charge on any atom is -0.480 e. The molecule has 130 valence electrons. The van der Waals surface area contributed by atoms with Crippen molar-refractivity contribution in [2.45, 2.75) is 44.1 Å². The van der Waals surface area contributed by atoms with Crippen LogP contribution in [0.3, 0.4) is 0 Å². The summed E-state index contributed by atoms with van der Waals surface area (Å²) in [6.07, 6.45) is 4.40. The normalized spacial score (nSPS) is 16.8. The summed E-state index contributed by atoms with van der Waals surface area (Å²) < 4.78 is 0. The van der Waals surface area contributed by atoms with Crippen molar-refractivity contribution < 1.29 is 19.5 Å². The summed E-state index contributed by atoms with van der Waals surface area (Å²) in [5.41, 5.74) is -0.514. The first-order valence-corrected chi connectivity index (χ1v) is 8.23. The van der Waals surface area contributed by atoms with Crippen molar-refractivity contribution >= 4 is 17.8 Å². The van der Waals surface area contributed by atoms with Gasteiger partial charge in [0.15, 0.2) is 0 Å². The van der Waals surface area contributed by atoms with Crippen molar-refractivity contribution in [1.82, 2.24) is 10.2 Å². The molecule has 0 saturated heterocycles. The minimum absolute atomic E-state index is 0.202. The van der Waals surface area contributed by atoms with E-state index in [0.29, 0.717) is 24.0 Å². The number of benzene rings is 1. The van der Waals surface area contributed by atoms with Gasteiger partial charge in [0, 0.05) is 25.2 Å². The zero-order valence-electron chi connectivity index (χ0n) is 14.2. The Kier molecular flexibility index (Phi) is 5.59. The van der Waals surface area contributed by atoms with Gasteiger partial charge in [0.2, 0.25) is 0 Å². The lowest BCUT2D eigenvalue weighted by Gasteiger charge is -2.29. The quantitative estimate of drug-likeness (QED) is 0.828. The number of hydrogen-bond donors (Lipinski definition) is 2. The summed E-state index contributed by atoms with van der Waals surface area (Å²) in [6, 6.07) is 6.36. The van der Waals surface area contributed by atoms with Crippen molar-refractivity contribution in [3.63, 3.8) is 0 Å². The average Bonchev–Trinajstić information content (AvgIpc) is 2.80. The molecule has 0 atom stereocenters. The number of nitrogens with zero attached hydrogens (tertiary/aromatic N) is 1. The Labute approximate surface area is 141 Å². The van der Waals surface area contributed by atoms with Crippen molar-refractivity contribution in [1.29, 1.82) is 0 Å². The molecule has 0 aliphatic heterocycles. The number of carboxylic acid groups (broad SMARTS) is 1. The largest absolute Gasteiger partial charge is 0.480 e. The maximum Gasteiger partial charge on any atom is 0.329 e. The predicted molar refractivity (Wildman–Crippen MR) is 90.0 cm³/mol. The summed E-state index contributed by atoms with van der Waals surface area (Å²) in [5.74, 6) is -1.64. The molecule has 1 fully saturated rings. The zero-order chi connectivity index (χ0) is 17.7. The smallest absolute Gasteiger partial charge is 0.329 e. The van der Waals surface area contributed by atoms with Crippen molar-refractivity contribution in [2.75, 3.05) is 14.1 Å². The third-order valence-electron chi connectivity index (χ3n) is 4.50. The van der Waals surface area contributed by atoms with Crippen LogP contribution in [-0.4, -0.2) is 47.4 Å². The monoisotopic (exact) mass is 332 g/mol. The molecule has 0 heterocycles. The highest BCUT2D eigenvalue weighted by molar-refractivity contribution is 6.01. The molecule has 1 aromatic carbocycles. The summed E-state index contributed by atoms with van der Waals surface area (Å²) in [4.78, 5) is 37.8. The van der Waals surface area contributed by atoms with E-state index in [1.54, 1.807) is 32.3 Å². The van der Waals surface area contributed by atoms with Gasteiger partial charge in [-0.3, -0.25) is 9.59 Å². The Morgan fingerprint density at radius 1 is 1.04 bits per heavy atom. The molecule has 0 aromatic heterocycles. The topological polar surface area (TPSA) is 86.7 Å². The zero-order valence-corrected chi connectivity index (χ0v) is 14.2. The molecule has 0 spiro atoms. The molecule has 0 radical (unpaired) electrons. The molecule has 6 heteroatoms. The van der Waals surface area contributed by atoms with Gasteiger partial charge in [0.25, 0.3) is 11.8 Å². The maximum absolute atomic E-state index is 12.6. The molecule has 24 heavy (non-hydrogen) atoms. The predicted octanol–water partition coefficient (Wildman–Crippen LogP) is 2.30. The van der Waals surface area contributed by atoms with Crippen LogP contribution < -0.4 is 5.32 Å². The number of carbonyl (C=O) groups is 3. The highest BCUT2D eigenvalue weighted by Crippen LogP contribution is 2.28. The summed E-state index contributed by atoms with van der Waals surface area (Å²) in [5, 5.41) is 12.4. The summed E-state index contributed by atoms with van der Waals surface area (Å²) >= 11 is 0. The van der Waals surface area contributed by atoms with Crippen LogP contribution in [0.1, 0.15) is 59.2 Å². The van der Waals surface area contributed by atoms with Crippen LogP contribution >= 0.6 is 0 Å². The summed E-state index contributed by atoms with van der Waals surface area (Å²) in [6.45, 7) is 0. The van der Waals surface area contributed by atoms with Gasteiger partial charge in [0.1, 0.15) is 5.54 Å². The van der Waals surface area contributed by atoms with E-state index >= 15 is 0 Å². The number of hydrogen-bond acceptors (Lipinski definition) is 3. The van der Waals surface area contributed by atoms with Crippen molar-refractivity contribution in [3.05, 3.63) is 35.4 Å². The van der Waals surface area contributed by atoms with E-state index in [4.69, 9.17) is 0 Å². The van der Waals surface area contributed by atoms with Gasteiger partial charge in [-0.2, -0.15) is 0 Å². The number of carbonyl (C=O) groups excluding carboxylic acids is 2. The van der Waals surface area contributed by atoms with Crippen LogP contribution in [0.4, 0.5) is 0 Å². The molecule has 2 N–H and O–H groups in total. The van der Waals surface area contributed by atoms with Gasteiger partial charge in [0.05, 0.1) is 0 Å². The first kappa shape index (κ1) is 18.0. The number of carboxylic acids is 1. The number of nitrogens with one attached hydrogen (secondary N) is 1. The van der Waals surface area contributed by atoms with Gasteiger partial charge in [-0.1, -0.05) is 31.7 Å². The molecule has 1 saturated carbocycles. The van der Waals surface area contributed by atoms with Crippen molar-refractivity contribution in [3.8, 4) is 0 Å². The highest BCUT2D eigenvalue weighted by Gasteiger charge is 2.40. The number of aliphatic carboxylic acids is 1. The molecular weight excluding hydrogens is 308 g/mol. The van der Waals surface area contributed by atoms with Crippen LogP contribution in [-0.2, 0) is 4.79 Å². The van der Waals surface area contributed by atoms with E-state index in [0.717, 1.165) is 25.7 Å². The van der Waals surface area contributed by atoms with Crippen molar-refractivity contribution in [2.24, 2.45) is 0 Å². The van der Waals surface area contributed by atoms with Crippen LogP contribution in [0.15, 0.2) is 24.3 Å². The second-order valence-electron chi connectivity index (χ2n) is 6.54. The molecule has 2 amide bonds. The molecule has 6 nitrogen and oxygen atoms in total. The van der Waals surface area contributed by atoms with Gasteiger partial charge >= 0.3 is 5.97 Å². The highest BCUT2D eigenvalue weighted by atomic mass is 16.4. The fourth-order valence-corrected chi connectivity index (χ4v) is 3.07. The minimum atomic E-state index is -1.21. The lowest BCUT2D eigenvalue weighted by Crippen LogP contribution is -2.54. The van der Waals surface area contributed by atoms with E-state index in [-0.39, 0.29) is 5.91 Å². The molecule has 0 bridgehead atoms. The van der Waals surface area contributed by atoms with Gasteiger partial charge in [-0.25, -0.2) is 4.79 Å². The summed E-state index contributed by atoms with van der Waals surface area (Å²) in [7, 11) is 3.28. The Morgan fingerprint density at radius 2 is 1.62 bits per heavy atom. The lowest BCUT2D eigenvalue weighted by molar-refractivity contribution is -0.145. The Morgan fingerprint density at radius 3 is 2.17 bits per heavy atom. The fourth-order valence-electron chi connectivity index (χ4n) is 3.07. The Balaban J connectivity index is 2.23. The fraction of sp³-hybridized carbons (Fsp3) is 0.500. The van der Waals surface area contributed by atoms with Crippen LogP contribution in [0.5, 0.6) is 0 Å². The second-order valence-corrected chi connectivity index (χ2v) is 6.54. The first-order valence-electron chi connectivity index (χ1n) is 8.23. The van der Waals surface area contributed by atoms with E-state index in [2.05, 4.69) is 5.32 Å². The van der Waals surface area contributed by atoms with E-state index < -0.39 is 17.4 Å². The first-order chi connectivity index (χ1) is 11.4. The number of amides is 2. The maximum atomic E-state index is 12.6. The van der Waals surface area contributed by atoms with Gasteiger partial charge in [-0.15, -0.1) is 0 Å².